The van der Waals surface area contributed by atoms with Crippen molar-refractivity contribution in [2.24, 2.45) is 7.05 Å². The fourth-order valence-corrected chi connectivity index (χ4v) is 2.32. The van der Waals surface area contributed by atoms with E-state index in [1.807, 2.05) is 0 Å². The summed E-state index contributed by atoms with van der Waals surface area (Å²) in [5.41, 5.74) is 7.14. The van der Waals surface area contributed by atoms with Crippen LogP contribution >= 0.6 is 34.2 Å². The summed E-state index contributed by atoms with van der Waals surface area (Å²) in [6, 6.07) is 5.20. The predicted molar refractivity (Wildman–Crippen MR) is 83.0 cm³/mol. The molecule has 3 N–H and O–H groups in total. The molecule has 0 unspecified atom stereocenters. The summed E-state index contributed by atoms with van der Waals surface area (Å²) < 4.78 is 2.41. The Balaban J connectivity index is 2.09. The summed E-state index contributed by atoms with van der Waals surface area (Å²) in [6.07, 6.45) is 1.64. The number of nitrogens with zero attached hydrogens (tertiary/aromatic N) is 2. The zero-order valence-corrected chi connectivity index (χ0v) is 13.1. The SMILES string of the molecule is Cn1ncc(CNC(=O)c2cc(Cl)ccc2I)c1N. The Morgan fingerprint density at radius 2 is 2.32 bits per heavy atom. The smallest absolute Gasteiger partial charge is 0.252 e. The van der Waals surface area contributed by atoms with E-state index in [0.717, 1.165) is 9.13 Å². The number of hydrogen-bond acceptors (Lipinski definition) is 3. The molecule has 0 saturated heterocycles. The Bertz CT molecular complexity index is 626. The number of nitrogens with one attached hydrogen (secondary N) is 1. The van der Waals surface area contributed by atoms with Crippen LogP contribution in [0.3, 0.4) is 0 Å². The summed E-state index contributed by atoms with van der Waals surface area (Å²) >= 11 is 7.99. The van der Waals surface area contributed by atoms with Crippen LogP contribution in [0.15, 0.2) is 24.4 Å². The Kier molecular flexibility index (Phi) is 4.31. The molecule has 1 aromatic carbocycles. The summed E-state index contributed by atoms with van der Waals surface area (Å²) in [5.74, 6) is 0.358. The van der Waals surface area contributed by atoms with E-state index in [1.54, 1.807) is 36.1 Å². The zero-order chi connectivity index (χ0) is 14.0. The summed E-state index contributed by atoms with van der Waals surface area (Å²) in [7, 11) is 1.75. The van der Waals surface area contributed by atoms with Gasteiger partial charge in [0.1, 0.15) is 5.82 Å². The minimum atomic E-state index is -0.185. The Hall–Kier alpha value is -1.28. The highest BCUT2D eigenvalue weighted by Crippen LogP contribution is 2.18. The van der Waals surface area contributed by atoms with Crippen LogP contribution in [0.25, 0.3) is 0 Å². The number of nitrogen functional groups attached to an aromatic ring is 1. The van der Waals surface area contributed by atoms with Crippen molar-refractivity contribution >= 4 is 45.9 Å². The van der Waals surface area contributed by atoms with Crippen molar-refractivity contribution in [1.82, 2.24) is 15.1 Å². The molecule has 2 aromatic rings. The number of anilines is 1. The molecule has 0 fully saturated rings. The van der Waals surface area contributed by atoms with Gasteiger partial charge in [-0.2, -0.15) is 5.10 Å². The van der Waals surface area contributed by atoms with E-state index in [2.05, 4.69) is 33.0 Å². The number of amides is 1. The second-order valence-corrected chi connectivity index (χ2v) is 5.58. The maximum Gasteiger partial charge on any atom is 0.252 e. The van der Waals surface area contributed by atoms with Gasteiger partial charge in [-0.1, -0.05) is 11.6 Å². The van der Waals surface area contributed by atoms with Gasteiger partial charge in [-0.05, 0) is 40.8 Å². The third-order valence-electron chi connectivity index (χ3n) is 2.68. The number of nitrogens with two attached hydrogens (primary N) is 1. The van der Waals surface area contributed by atoms with Crippen LogP contribution in [0.5, 0.6) is 0 Å². The fraction of sp³-hybridized carbons (Fsp3) is 0.167. The van der Waals surface area contributed by atoms with Gasteiger partial charge in [-0.25, -0.2) is 0 Å². The minimum absolute atomic E-state index is 0.185. The van der Waals surface area contributed by atoms with Crippen LogP contribution in [-0.4, -0.2) is 15.7 Å². The fourth-order valence-electron chi connectivity index (χ4n) is 1.57. The highest BCUT2D eigenvalue weighted by molar-refractivity contribution is 14.1. The number of hydrogen-bond donors (Lipinski definition) is 2. The lowest BCUT2D eigenvalue weighted by Crippen LogP contribution is -2.24. The third kappa shape index (κ3) is 3.19. The second kappa shape index (κ2) is 5.79. The van der Waals surface area contributed by atoms with Gasteiger partial charge in [-0.15, -0.1) is 0 Å². The predicted octanol–water partition coefficient (Wildman–Crippen LogP) is 2.19. The molecule has 0 radical (unpaired) electrons. The van der Waals surface area contributed by atoms with Crippen molar-refractivity contribution in [3.63, 3.8) is 0 Å². The normalized spacial score (nSPS) is 10.5. The van der Waals surface area contributed by atoms with E-state index in [9.17, 15) is 4.79 Å². The van der Waals surface area contributed by atoms with Crippen molar-refractivity contribution in [2.45, 2.75) is 6.54 Å². The van der Waals surface area contributed by atoms with Gasteiger partial charge >= 0.3 is 0 Å². The summed E-state index contributed by atoms with van der Waals surface area (Å²) in [6.45, 7) is 0.334. The lowest BCUT2D eigenvalue weighted by Gasteiger charge is -2.07. The monoisotopic (exact) mass is 390 g/mol. The molecule has 0 aliphatic heterocycles. The molecule has 0 atom stereocenters. The first-order valence-corrected chi connectivity index (χ1v) is 6.94. The van der Waals surface area contributed by atoms with E-state index in [0.29, 0.717) is 22.9 Å². The highest BCUT2D eigenvalue weighted by atomic mass is 127. The minimum Gasteiger partial charge on any atom is -0.384 e. The molecular weight excluding hydrogens is 379 g/mol. The van der Waals surface area contributed by atoms with Gasteiger partial charge in [0, 0.05) is 27.7 Å². The molecule has 1 aromatic heterocycles. The van der Waals surface area contributed by atoms with Crippen molar-refractivity contribution in [3.05, 3.63) is 44.1 Å². The summed E-state index contributed by atoms with van der Waals surface area (Å²) in [5, 5.41) is 7.35. The standard InChI is InChI=1S/C12H12ClIN4O/c1-18-11(15)7(6-17-18)5-16-12(19)9-4-8(13)2-3-10(9)14/h2-4,6H,5,15H2,1H3,(H,16,19). The van der Waals surface area contributed by atoms with Crippen LogP contribution < -0.4 is 11.1 Å². The van der Waals surface area contributed by atoms with Crippen molar-refractivity contribution in [1.29, 1.82) is 0 Å². The molecule has 19 heavy (non-hydrogen) atoms. The van der Waals surface area contributed by atoms with Gasteiger partial charge in [-0.3, -0.25) is 9.48 Å². The average Bonchev–Trinajstić information content (AvgIpc) is 2.70. The second-order valence-electron chi connectivity index (χ2n) is 3.99. The van der Waals surface area contributed by atoms with Gasteiger partial charge in [0.15, 0.2) is 0 Å². The highest BCUT2D eigenvalue weighted by Gasteiger charge is 2.12. The van der Waals surface area contributed by atoms with Crippen LogP contribution in [-0.2, 0) is 13.6 Å². The molecule has 2 rings (SSSR count). The number of carbonyl (C=O) groups is 1. The van der Waals surface area contributed by atoms with Crippen LogP contribution in [0.4, 0.5) is 5.82 Å². The number of halogens is 2. The number of carbonyl (C=O) groups excluding carboxylic acids is 1. The van der Waals surface area contributed by atoms with E-state index < -0.39 is 0 Å². The molecule has 0 aliphatic carbocycles. The van der Waals surface area contributed by atoms with Gasteiger partial charge in [0.25, 0.3) is 5.91 Å². The van der Waals surface area contributed by atoms with E-state index in [4.69, 9.17) is 17.3 Å². The Labute approximate surface area is 129 Å². The van der Waals surface area contributed by atoms with Crippen LogP contribution in [0.1, 0.15) is 15.9 Å². The molecule has 7 heteroatoms. The van der Waals surface area contributed by atoms with Gasteiger partial charge in [0.05, 0.1) is 11.8 Å². The van der Waals surface area contributed by atoms with Crippen LogP contribution in [0, 0.1) is 3.57 Å². The molecule has 0 bridgehead atoms. The first-order valence-electron chi connectivity index (χ1n) is 5.48. The number of aryl methyl sites for hydroxylation is 1. The molecular formula is C12H12ClIN4O. The molecule has 1 amide bonds. The zero-order valence-electron chi connectivity index (χ0n) is 10.2. The molecule has 100 valence electrons. The van der Waals surface area contributed by atoms with Gasteiger partial charge in [0.2, 0.25) is 0 Å². The van der Waals surface area contributed by atoms with E-state index in [1.165, 1.54) is 0 Å². The topological polar surface area (TPSA) is 72.9 Å². The summed E-state index contributed by atoms with van der Waals surface area (Å²) in [4.78, 5) is 12.1. The lowest BCUT2D eigenvalue weighted by molar-refractivity contribution is 0.0950. The first-order chi connectivity index (χ1) is 8.99. The van der Waals surface area contributed by atoms with Gasteiger partial charge < -0.3 is 11.1 Å². The van der Waals surface area contributed by atoms with Crippen LogP contribution in [0.2, 0.25) is 5.02 Å². The van der Waals surface area contributed by atoms with Crippen molar-refractivity contribution < 1.29 is 4.79 Å². The molecule has 1 heterocycles. The average molecular weight is 391 g/mol. The Morgan fingerprint density at radius 3 is 2.95 bits per heavy atom. The molecule has 5 nitrogen and oxygen atoms in total. The first kappa shape index (κ1) is 14.1. The molecule has 0 spiro atoms. The van der Waals surface area contributed by atoms with Crippen molar-refractivity contribution in [2.75, 3.05) is 5.73 Å². The number of rotatable bonds is 3. The number of aromatic nitrogens is 2. The third-order valence-corrected chi connectivity index (χ3v) is 3.85. The quantitative estimate of drug-likeness (QED) is 0.789. The van der Waals surface area contributed by atoms with E-state index >= 15 is 0 Å². The Morgan fingerprint density at radius 1 is 1.58 bits per heavy atom. The largest absolute Gasteiger partial charge is 0.384 e. The maximum atomic E-state index is 12.1. The molecule has 0 aliphatic rings. The maximum absolute atomic E-state index is 12.1. The van der Waals surface area contributed by atoms with Crippen molar-refractivity contribution in [3.8, 4) is 0 Å². The number of benzene rings is 1. The van der Waals surface area contributed by atoms with E-state index in [-0.39, 0.29) is 5.91 Å². The molecule has 0 saturated carbocycles. The lowest BCUT2D eigenvalue weighted by atomic mass is 10.2.